The molecule has 0 bridgehead atoms. The quantitative estimate of drug-likeness (QED) is 0.807. The maximum Gasteiger partial charge on any atom is 0.312 e. The van der Waals surface area contributed by atoms with Crippen LogP contribution in [0.1, 0.15) is 33.4 Å². The molecule has 7 heteroatoms. The van der Waals surface area contributed by atoms with Crippen LogP contribution in [0.2, 0.25) is 0 Å². The van der Waals surface area contributed by atoms with Gasteiger partial charge in [0.15, 0.2) is 0 Å². The minimum Gasteiger partial charge on any atom is -0.193 e. The summed E-state index contributed by atoms with van der Waals surface area (Å²) in [6, 6.07) is 6.00. The molecule has 0 radical (unpaired) electrons. The molecule has 0 saturated heterocycles. The van der Waals surface area contributed by atoms with Crippen molar-refractivity contribution in [2.24, 2.45) is 0 Å². The molecule has 0 fully saturated rings. The summed E-state index contributed by atoms with van der Waals surface area (Å²) in [7, 11) is -8.93. The lowest BCUT2D eigenvalue weighted by molar-refractivity contribution is 0.461. The van der Waals surface area contributed by atoms with Crippen molar-refractivity contribution in [3.8, 4) is 0 Å². The van der Waals surface area contributed by atoms with Gasteiger partial charge in [0.05, 0.1) is 9.79 Å². The third kappa shape index (κ3) is 3.63. The molecule has 0 heterocycles. The predicted octanol–water partition coefficient (Wildman–Crippen LogP) is 3.63. The van der Waals surface area contributed by atoms with Crippen molar-refractivity contribution in [1.29, 1.82) is 0 Å². The molecule has 25 heavy (non-hydrogen) atoms. The van der Waals surface area contributed by atoms with Crippen LogP contribution < -0.4 is 0 Å². The number of hydrogen-bond donors (Lipinski definition) is 0. The van der Waals surface area contributed by atoms with Crippen LogP contribution >= 0.6 is 0 Å². The van der Waals surface area contributed by atoms with E-state index in [1.807, 2.05) is 13.8 Å². The second-order valence-electron chi connectivity index (χ2n) is 6.24. The average molecular weight is 383 g/mol. The molecule has 0 unspecified atom stereocenters. The minimum atomic E-state index is -4.46. The number of rotatable bonds is 4. The topological polar surface area (TPSA) is 77.5 Å². The molecule has 0 aliphatic carbocycles. The molecule has 0 atom stereocenters. The van der Waals surface area contributed by atoms with Crippen LogP contribution in [0, 0.1) is 41.5 Å². The lowest BCUT2D eigenvalue weighted by Gasteiger charge is -2.14. The summed E-state index contributed by atoms with van der Waals surface area (Å²) in [4.78, 5) is -0.277. The highest BCUT2D eigenvalue weighted by Crippen LogP contribution is 2.28. The van der Waals surface area contributed by atoms with E-state index in [2.05, 4.69) is 0 Å². The van der Waals surface area contributed by atoms with E-state index in [1.165, 1.54) is 12.1 Å². The summed E-state index contributed by atoms with van der Waals surface area (Å²) in [5, 5.41) is 0. The zero-order valence-corrected chi connectivity index (χ0v) is 16.8. The fourth-order valence-electron chi connectivity index (χ4n) is 2.60. The molecule has 2 aromatic carbocycles. The van der Waals surface area contributed by atoms with Gasteiger partial charge in [-0.2, -0.15) is 16.8 Å². The highest BCUT2D eigenvalue weighted by atomic mass is 32.3. The van der Waals surface area contributed by atoms with Crippen LogP contribution in [0.4, 0.5) is 0 Å². The summed E-state index contributed by atoms with van der Waals surface area (Å²) in [5.74, 6) is 0. The summed E-state index contributed by atoms with van der Waals surface area (Å²) in [6.45, 7) is 10.5. The first-order chi connectivity index (χ1) is 11.4. The molecule has 136 valence electrons. The van der Waals surface area contributed by atoms with Crippen molar-refractivity contribution >= 4 is 20.2 Å². The van der Waals surface area contributed by atoms with Crippen molar-refractivity contribution in [2.75, 3.05) is 0 Å². The van der Waals surface area contributed by atoms with Gasteiger partial charge in [-0.15, -0.1) is 3.63 Å². The fraction of sp³-hybridized carbons (Fsp3) is 0.333. The molecule has 2 aromatic rings. The molecule has 5 nitrogen and oxygen atoms in total. The smallest absolute Gasteiger partial charge is 0.193 e. The van der Waals surface area contributed by atoms with Gasteiger partial charge in [-0.1, -0.05) is 12.1 Å². The van der Waals surface area contributed by atoms with Gasteiger partial charge in [0, 0.05) is 0 Å². The van der Waals surface area contributed by atoms with Crippen molar-refractivity contribution in [3.05, 3.63) is 57.6 Å². The van der Waals surface area contributed by atoms with E-state index >= 15 is 0 Å². The highest BCUT2D eigenvalue weighted by Gasteiger charge is 2.30. The van der Waals surface area contributed by atoms with Gasteiger partial charge in [-0.05, 0) is 87.1 Å². The first kappa shape index (κ1) is 19.6. The second kappa shape index (κ2) is 6.55. The van der Waals surface area contributed by atoms with Gasteiger partial charge in [-0.3, -0.25) is 0 Å². The predicted molar refractivity (Wildman–Crippen MR) is 96.8 cm³/mol. The molecule has 0 saturated carbocycles. The van der Waals surface area contributed by atoms with Gasteiger partial charge >= 0.3 is 20.2 Å². The molecule has 0 spiro atoms. The van der Waals surface area contributed by atoms with E-state index in [4.69, 9.17) is 3.63 Å². The number of hydrogen-bond acceptors (Lipinski definition) is 5. The van der Waals surface area contributed by atoms with Crippen molar-refractivity contribution in [3.63, 3.8) is 0 Å². The Bertz CT molecular complexity index is 964. The Hall–Kier alpha value is -1.70. The fourth-order valence-corrected chi connectivity index (χ4v) is 5.65. The number of benzene rings is 2. The highest BCUT2D eigenvalue weighted by molar-refractivity contribution is 8.00. The van der Waals surface area contributed by atoms with E-state index in [1.54, 1.807) is 39.8 Å². The molecule has 0 aliphatic heterocycles. The summed E-state index contributed by atoms with van der Waals surface area (Å²) in [5.41, 5.74) is 4.36. The van der Waals surface area contributed by atoms with E-state index in [0.717, 1.165) is 22.3 Å². The second-order valence-corrected chi connectivity index (χ2v) is 9.48. The zero-order valence-electron chi connectivity index (χ0n) is 15.2. The zero-order chi connectivity index (χ0) is 19.2. The van der Waals surface area contributed by atoms with Crippen molar-refractivity contribution in [1.82, 2.24) is 0 Å². The van der Waals surface area contributed by atoms with Gasteiger partial charge in [0.2, 0.25) is 0 Å². The van der Waals surface area contributed by atoms with Crippen LogP contribution in [0.3, 0.4) is 0 Å². The Morgan fingerprint density at radius 2 is 0.880 bits per heavy atom. The Labute approximate surface area is 149 Å². The summed E-state index contributed by atoms with van der Waals surface area (Å²) >= 11 is 0. The molecular formula is C18H22O5S2. The van der Waals surface area contributed by atoms with E-state index < -0.39 is 20.2 Å². The lowest BCUT2D eigenvalue weighted by atomic mass is 10.1. The third-order valence-electron chi connectivity index (χ3n) is 4.73. The van der Waals surface area contributed by atoms with Crippen LogP contribution in [0.25, 0.3) is 0 Å². The average Bonchev–Trinajstić information content (AvgIpc) is 2.48. The van der Waals surface area contributed by atoms with Gasteiger partial charge in [0.25, 0.3) is 0 Å². The standard InChI is InChI=1S/C18H22O5S2/c1-11-7-9-17(15(5)13(11)3)24(19,20)23-25(21,22)18-10-8-12(2)14(4)16(18)6/h7-10H,1-6H3. The van der Waals surface area contributed by atoms with Crippen LogP contribution in [-0.4, -0.2) is 16.8 Å². The maximum atomic E-state index is 12.6. The molecule has 0 N–H and O–H groups in total. The molecule has 2 rings (SSSR count). The normalized spacial score (nSPS) is 12.4. The minimum absolute atomic E-state index is 0.138. The van der Waals surface area contributed by atoms with Gasteiger partial charge < -0.3 is 0 Å². The van der Waals surface area contributed by atoms with E-state index in [0.29, 0.717) is 11.1 Å². The summed E-state index contributed by atoms with van der Waals surface area (Å²) in [6.07, 6.45) is 0. The van der Waals surface area contributed by atoms with Crippen LogP contribution in [-0.2, 0) is 23.9 Å². The monoisotopic (exact) mass is 382 g/mol. The molecule has 0 aromatic heterocycles. The summed E-state index contributed by atoms with van der Waals surface area (Å²) < 4.78 is 55.0. The van der Waals surface area contributed by atoms with Gasteiger partial charge in [-0.25, -0.2) is 0 Å². The lowest BCUT2D eigenvalue weighted by Crippen LogP contribution is -2.17. The molecule has 0 amide bonds. The van der Waals surface area contributed by atoms with E-state index in [9.17, 15) is 16.8 Å². The Balaban J connectivity index is 2.55. The molecular weight excluding hydrogens is 360 g/mol. The van der Waals surface area contributed by atoms with Crippen molar-refractivity contribution < 1.29 is 20.5 Å². The van der Waals surface area contributed by atoms with Crippen LogP contribution in [0.5, 0.6) is 0 Å². The van der Waals surface area contributed by atoms with Gasteiger partial charge in [0.1, 0.15) is 0 Å². The third-order valence-corrected chi connectivity index (χ3v) is 8.13. The largest absolute Gasteiger partial charge is 0.312 e. The first-order valence-electron chi connectivity index (χ1n) is 7.73. The number of aryl methyl sites for hydroxylation is 2. The van der Waals surface area contributed by atoms with Crippen molar-refractivity contribution in [2.45, 2.75) is 51.3 Å². The SMILES string of the molecule is Cc1ccc(S(=O)(=O)OS(=O)(=O)c2ccc(C)c(C)c2C)c(C)c1C. The van der Waals surface area contributed by atoms with Crippen LogP contribution in [0.15, 0.2) is 34.1 Å². The Morgan fingerprint density at radius 1 is 0.560 bits per heavy atom. The Kier molecular flexibility index (Phi) is 5.14. The maximum absolute atomic E-state index is 12.6. The van der Waals surface area contributed by atoms with E-state index in [-0.39, 0.29) is 9.79 Å². The molecule has 0 aliphatic rings. The first-order valence-corrected chi connectivity index (χ1v) is 10.5. The Morgan fingerprint density at radius 3 is 1.20 bits per heavy atom.